The number of piperazine rings is 1. The van der Waals surface area contributed by atoms with Gasteiger partial charge >= 0.3 is 0 Å². The van der Waals surface area contributed by atoms with Gasteiger partial charge in [0.2, 0.25) is 6.41 Å². The van der Waals surface area contributed by atoms with Crippen LogP contribution in [0.3, 0.4) is 0 Å². The Bertz CT molecular complexity index is 504. The Kier molecular flexibility index (Phi) is 4.79. The van der Waals surface area contributed by atoms with Crippen LogP contribution in [0.25, 0.3) is 0 Å². The second kappa shape index (κ2) is 6.56. The average molecular weight is 301 g/mol. The number of nitrogens with zero attached hydrogens (tertiary/aromatic N) is 2. The second-order valence-electron chi connectivity index (χ2n) is 4.39. The predicted molar refractivity (Wildman–Crippen MR) is 71.1 cm³/mol. The van der Waals surface area contributed by atoms with Gasteiger partial charge in [-0.2, -0.15) is 0 Å². The lowest BCUT2D eigenvalue weighted by Crippen LogP contribution is -2.49. The number of carbonyl (C=O) groups excluding carboxylic acids is 2. The molecular formula is C13H14ClFN2O3. The number of amides is 2. The van der Waals surface area contributed by atoms with Gasteiger partial charge in [0.15, 0.2) is 6.61 Å². The molecule has 0 aliphatic carbocycles. The van der Waals surface area contributed by atoms with Crippen molar-refractivity contribution in [2.24, 2.45) is 0 Å². The van der Waals surface area contributed by atoms with E-state index in [0.29, 0.717) is 26.2 Å². The highest BCUT2D eigenvalue weighted by atomic mass is 35.5. The molecule has 0 radical (unpaired) electrons. The Labute approximate surface area is 120 Å². The van der Waals surface area contributed by atoms with Crippen LogP contribution in [0.1, 0.15) is 0 Å². The fraction of sp³-hybridized carbons (Fsp3) is 0.385. The maximum absolute atomic E-state index is 12.9. The monoisotopic (exact) mass is 300 g/mol. The summed E-state index contributed by atoms with van der Waals surface area (Å²) in [6.45, 7) is 1.85. The standard InChI is InChI=1S/C13H14ClFN2O3/c14-11-7-10(15)1-2-12(11)20-8-13(19)17-5-3-16(9-18)4-6-17/h1-2,7,9H,3-6,8H2. The number of benzene rings is 1. The van der Waals surface area contributed by atoms with Gasteiger partial charge in [-0.05, 0) is 18.2 Å². The Hall–Kier alpha value is -1.82. The molecule has 0 saturated carbocycles. The molecule has 0 atom stereocenters. The highest BCUT2D eigenvalue weighted by Crippen LogP contribution is 2.24. The number of ether oxygens (including phenoxy) is 1. The van der Waals surface area contributed by atoms with Gasteiger partial charge in [0, 0.05) is 26.2 Å². The van der Waals surface area contributed by atoms with Crippen molar-refractivity contribution in [3.63, 3.8) is 0 Å². The Morgan fingerprint density at radius 1 is 1.35 bits per heavy atom. The Morgan fingerprint density at radius 2 is 2.05 bits per heavy atom. The lowest BCUT2D eigenvalue weighted by molar-refractivity contribution is -0.137. The number of hydrogen-bond acceptors (Lipinski definition) is 3. The van der Waals surface area contributed by atoms with Crippen molar-refractivity contribution >= 4 is 23.9 Å². The highest BCUT2D eigenvalue weighted by Gasteiger charge is 2.20. The van der Waals surface area contributed by atoms with Gasteiger partial charge in [-0.3, -0.25) is 9.59 Å². The summed E-state index contributed by atoms with van der Waals surface area (Å²) in [4.78, 5) is 25.7. The molecule has 0 spiro atoms. The van der Waals surface area contributed by atoms with E-state index in [1.807, 2.05) is 0 Å². The van der Waals surface area contributed by atoms with Gasteiger partial charge in [0.25, 0.3) is 5.91 Å². The van der Waals surface area contributed by atoms with Crippen LogP contribution in [-0.2, 0) is 9.59 Å². The first kappa shape index (κ1) is 14.6. The maximum Gasteiger partial charge on any atom is 0.260 e. The normalized spacial score (nSPS) is 15.1. The van der Waals surface area contributed by atoms with Crippen molar-refractivity contribution < 1.29 is 18.7 Å². The van der Waals surface area contributed by atoms with Crippen molar-refractivity contribution in [1.29, 1.82) is 0 Å². The molecule has 0 aromatic heterocycles. The molecule has 2 amide bonds. The molecule has 1 fully saturated rings. The summed E-state index contributed by atoms with van der Waals surface area (Å²) in [5.74, 6) is -0.373. The third-order valence-electron chi connectivity index (χ3n) is 3.06. The van der Waals surface area contributed by atoms with Crippen LogP contribution in [0, 0.1) is 5.82 Å². The number of halogens is 2. The van der Waals surface area contributed by atoms with Gasteiger partial charge in [-0.1, -0.05) is 11.6 Å². The first-order chi connectivity index (χ1) is 9.60. The lowest BCUT2D eigenvalue weighted by Gasteiger charge is -2.32. The molecular weight excluding hydrogens is 287 g/mol. The van der Waals surface area contributed by atoms with E-state index in [1.165, 1.54) is 12.1 Å². The Balaban J connectivity index is 1.85. The predicted octanol–water partition coefficient (Wildman–Crippen LogP) is 1.16. The van der Waals surface area contributed by atoms with E-state index in [1.54, 1.807) is 9.80 Å². The first-order valence-corrected chi connectivity index (χ1v) is 6.53. The first-order valence-electron chi connectivity index (χ1n) is 6.15. The summed E-state index contributed by atoms with van der Waals surface area (Å²) in [5.41, 5.74) is 0. The summed E-state index contributed by atoms with van der Waals surface area (Å²) in [7, 11) is 0. The molecule has 1 aliphatic rings. The van der Waals surface area contributed by atoms with Crippen molar-refractivity contribution in [3.8, 4) is 5.75 Å². The zero-order chi connectivity index (χ0) is 14.5. The van der Waals surface area contributed by atoms with Crippen LogP contribution in [0.5, 0.6) is 5.75 Å². The molecule has 0 bridgehead atoms. The van der Waals surface area contributed by atoms with E-state index >= 15 is 0 Å². The quantitative estimate of drug-likeness (QED) is 0.784. The second-order valence-corrected chi connectivity index (χ2v) is 4.79. The van der Waals surface area contributed by atoms with Gasteiger partial charge in [0.05, 0.1) is 5.02 Å². The van der Waals surface area contributed by atoms with E-state index in [0.717, 1.165) is 12.5 Å². The molecule has 1 saturated heterocycles. The molecule has 5 nitrogen and oxygen atoms in total. The molecule has 7 heteroatoms. The smallest absolute Gasteiger partial charge is 0.260 e. The summed E-state index contributed by atoms with van der Waals surface area (Å²) in [6.07, 6.45) is 0.774. The van der Waals surface area contributed by atoms with Crippen LogP contribution in [0.4, 0.5) is 4.39 Å². The van der Waals surface area contributed by atoms with E-state index < -0.39 is 5.82 Å². The summed E-state index contributed by atoms with van der Waals surface area (Å²) in [5, 5.41) is 0.128. The number of rotatable bonds is 4. The summed E-state index contributed by atoms with van der Waals surface area (Å²) >= 11 is 5.80. The van der Waals surface area contributed by atoms with Crippen molar-refractivity contribution in [1.82, 2.24) is 9.80 Å². The maximum atomic E-state index is 12.9. The SMILES string of the molecule is O=CN1CCN(C(=O)COc2ccc(F)cc2Cl)CC1. The number of hydrogen-bond donors (Lipinski definition) is 0. The summed E-state index contributed by atoms with van der Waals surface area (Å²) in [6, 6.07) is 3.73. The fourth-order valence-electron chi connectivity index (χ4n) is 1.90. The minimum atomic E-state index is -0.460. The van der Waals surface area contributed by atoms with Crippen LogP contribution < -0.4 is 4.74 Å². The van der Waals surface area contributed by atoms with Crippen LogP contribution in [0.2, 0.25) is 5.02 Å². The van der Waals surface area contributed by atoms with E-state index in [-0.39, 0.29) is 23.3 Å². The van der Waals surface area contributed by atoms with Crippen molar-refractivity contribution in [2.45, 2.75) is 0 Å². The summed E-state index contributed by atoms with van der Waals surface area (Å²) < 4.78 is 18.1. The van der Waals surface area contributed by atoms with Crippen molar-refractivity contribution in [3.05, 3.63) is 29.0 Å². The fourth-order valence-corrected chi connectivity index (χ4v) is 2.12. The minimum absolute atomic E-state index is 0.128. The van der Waals surface area contributed by atoms with Crippen LogP contribution in [-0.4, -0.2) is 54.9 Å². The molecule has 20 heavy (non-hydrogen) atoms. The lowest BCUT2D eigenvalue weighted by atomic mass is 10.3. The van der Waals surface area contributed by atoms with E-state index in [4.69, 9.17) is 16.3 Å². The van der Waals surface area contributed by atoms with Crippen molar-refractivity contribution in [2.75, 3.05) is 32.8 Å². The molecule has 2 rings (SSSR count). The van der Waals surface area contributed by atoms with Gasteiger partial charge in [-0.25, -0.2) is 4.39 Å². The zero-order valence-corrected chi connectivity index (χ0v) is 11.5. The molecule has 1 heterocycles. The van der Waals surface area contributed by atoms with E-state index in [2.05, 4.69) is 0 Å². The van der Waals surface area contributed by atoms with Crippen LogP contribution in [0.15, 0.2) is 18.2 Å². The number of carbonyl (C=O) groups is 2. The minimum Gasteiger partial charge on any atom is -0.482 e. The molecule has 1 aromatic rings. The largest absolute Gasteiger partial charge is 0.482 e. The van der Waals surface area contributed by atoms with E-state index in [9.17, 15) is 14.0 Å². The third kappa shape index (κ3) is 3.60. The average Bonchev–Trinajstić information content (AvgIpc) is 2.46. The Morgan fingerprint density at radius 3 is 2.65 bits per heavy atom. The van der Waals surface area contributed by atoms with Gasteiger partial charge < -0.3 is 14.5 Å². The molecule has 0 N–H and O–H groups in total. The van der Waals surface area contributed by atoms with Gasteiger partial charge in [0.1, 0.15) is 11.6 Å². The third-order valence-corrected chi connectivity index (χ3v) is 3.36. The topological polar surface area (TPSA) is 49.9 Å². The highest BCUT2D eigenvalue weighted by molar-refractivity contribution is 6.32. The molecule has 1 aromatic carbocycles. The van der Waals surface area contributed by atoms with Gasteiger partial charge in [-0.15, -0.1) is 0 Å². The van der Waals surface area contributed by atoms with Crippen LogP contribution >= 0.6 is 11.6 Å². The molecule has 108 valence electrons. The molecule has 0 unspecified atom stereocenters. The zero-order valence-electron chi connectivity index (χ0n) is 10.7. The molecule has 1 aliphatic heterocycles.